The number of anilines is 1. The Bertz CT molecular complexity index is 660. The molecule has 1 unspecified atom stereocenters. The van der Waals surface area contributed by atoms with Crippen LogP contribution in [0.1, 0.15) is 23.1 Å². The Kier molecular flexibility index (Phi) is 2.73. The van der Waals surface area contributed by atoms with Crippen molar-refractivity contribution in [3.05, 3.63) is 71.4 Å². The monoisotopic (exact) mass is 262 g/mol. The lowest BCUT2D eigenvalue weighted by Gasteiger charge is -2.37. The van der Waals surface area contributed by atoms with Crippen molar-refractivity contribution in [1.29, 1.82) is 0 Å². The molecular formula is C18H18N2. The molecule has 0 saturated heterocycles. The van der Waals surface area contributed by atoms with Crippen molar-refractivity contribution in [1.82, 2.24) is 4.90 Å². The Hall–Kier alpha value is -2.22. The summed E-state index contributed by atoms with van der Waals surface area (Å²) in [6.45, 7) is 0.993. The predicted octanol–water partition coefficient (Wildman–Crippen LogP) is 3.86. The zero-order valence-electron chi connectivity index (χ0n) is 11.4. The third-order valence-electron chi connectivity index (χ3n) is 4.28. The average molecular weight is 262 g/mol. The van der Waals surface area contributed by atoms with Gasteiger partial charge < -0.3 is 10.2 Å². The minimum atomic E-state index is 0.398. The normalized spacial score (nSPS) is 20.0. The maximum Gasteiger partial charge on any atom is 0.0991 e. The van der Waals surface area contributed by atoms with E-state index in [-0.39, 0.29) is 0 Å². The van der Waals surface area contributed by atoms with Gasteiger partial charge in [0.2, 0.25) is 0 Å². The van der Waals surface area contributed by atoms with Crippen LogP contribution in [-0.2, 0) is 13.0 Å². The van der Waals surface area contributed by atoms with Crippen LogP contribution in [0, 0.1) is 0 Å². The van der Waals surface area contributed by atoms with E-state index in [2.05, 4.69) is 71.0 Å². The van der Waals surface area contributed by atoms with Gasteiger partial charge in [0.05, 0.1) is 6.17 Å². The molecule has 0 amide bonds. The summed E-state index contributed by atoms with van der Waals surface area (Å²) in [5.41, 5.74) is 5.48. The predicted molar refractivity (Wildman–Crippen MR) is 83.2 cm³/mol. The molecule has 2 aromatic carbocycles. The minimum Gasteiger partial charge on any atom is -0.365 e. The van der Waals surface area contributed by atoms with Crippen LogP contribution in [-0.4, -0.2) is 11.1 Å². The number of aryl methyl sites for hydroxylation is 1. The maximum absolute atomic E-state index is 3.67. The van der Waals surface area contributed by atoms with E-state index in [0.29, 0.717) is 6.17 Å². The van der Waals surface area contributed by atoms with Gasteiger partial charge >= 0.3 is 0 Å². The number of rotatable bonds is 1. The van der Waals surface area contributed by atoms with Crippen molar-refractivity contribution in [2.24, 2.45) is 0 Å². The van der Waals surface area contributed by atoms with Gasteiger partial charge in [-0.2, -0.15) is 0 Å². The maximum atomic E-state index is 3.67. The van der Waals surface area contributed by atoms with Crippen molar-refractivity contribution in [2.75, 3.05) is 5.32 Å². The highest BCUT2D eigenvalue weighted by atomic mass is 15.3. The third-order valence-corrected chi connectivity index (χ3v) is 4.28. The number of benzene rings is 2. The third kappa shape index (κ3) is 1.97. The van der Waals surface area contributed by atoms with Gasteiger partial charge in [-0.3, -0.25) is 0 Å². The number of para-hydroxylation sites is 1. The molecule has 2 heteroatoms. The Morgan fingerprint density at radius 3 is 2.70 bits per heavy atom. The van der Waals surface area contributed by atoms with Gasteiger partial charge in [-0.05, 0) is 41.7 Å². The number of fused-ring (bicyclic) bond motifs is 2. The molecule has 0 aromatic heterocycles. The highest BCUT2D eigenvalue weighted by Crippen LogP contribution is 2.29. The molecule has 1 N–H and O–H groups in total. The van der Waals surface area contributed by atoms with Crippen molar-refractivity contribution in [2.45, 2.75) is 25.6 Å². The van der Waals surface area contributed by atoms with Gasteiger partial charge in [-0.15, -0.1) is 0 Å². The van der Waals surface area contributed by atoms with E-state index >= 15 is 0 Å². The van der Waals surface area contributed by atoms with Crippen LogP contribution in [0.15, 0.2) is 54.7 Å². The summed E-state index contributed by atoms with van der Waals surface area (Å²) >= 11 is 0. The molecule has 0 spiro atoms. The molecule has 0 bridgehead atoms. The quantitative estimate of drug-likeness (QED) is 0.839. The molecule has 2 nitrogen and oxygen atoms in total. The van der Waals surface area contributed by atoms with Gasteiger partial charge in [0, 0.05) is 18.4 Å². The molecule has 100 valence electrons. The molecule has 0 aliphatic carbocycles. The smallest absolute Gasteiger partial charge is 0.0991 e. The lowest BCUT2D eigenvalue weighted by molar-refractivity contribution is 0.274. The molecule has 0 radical (unpaired) electrons. The van der Waals surface area contributed by atoms with E-state index in [4.69, 9.17) is 0 Å². The average Bonchev–Trinajstić information content (AvgIpc) is 2.54. The molecule has 0 fully saturated rings. The topological polar surface area (TPSA) is 15.3 Å². The van der Waals surface area contributed by atoms with Crippen molar-refractivity contribution in [3.8, 4) is 0 Å². The summed E-state index contributed by atoms with van der Waals surface area (Å²) < 4.78 is 0. The van der Waals surface area contributed by atoms with E-state index in [1.165, 1.54) is 22.4 Å². The first-order valence-electron chi connectivity index (χ1n) is 7.26. The van der Waals surface area contributed by atoms with E-state index in [0.717, 1.165) is 19.4 Å². The fraction of sp³-hybridized carbons (Fsp3) is 0.222. The molecule has 2 heterocycles. The van der Waals surface area contributed by atoms with Crippen LogP contribution in [0.25, 0.3) is 6.08 Å². The number of hydrogen-bond acceptors (Lipinski definition) is 2. The molecule has 1 atom stereocenters. The van der Waals surface area contributed by atoms with Gasteiger partial charge in [0.25, 0.3) is 0 Å². The fourth-order valence-electron chi connectivity index (χ4n) is 3.15. The van der Waals surface area contributed by atoms with Gasteiger partial charge in [0.1, 0.15) is 0 Å². The molecule has 2 aliphatic rings. The Morgan fingerprint density at radius 2 is 1.75 bits per heavy atom. The van der Waals surface area contributed by atoms with Crippen LogP contribution in [0.4, 0.5) is 5.69 Å². The second-order valence-electron chi connectivity index (χ2n) is 5.54. The first-order chi connectivity index (χ1) is 9.90. The molecule has 2 aliphatic heterocycles. The number of nitrogens with zero attached hydrogens (tertiary/aromatic N) is 1. The summed E-state index contributed by atoms with van der Waals surface area (Å²) in [4.78, 5) is 2.41. The van der Waals surface area contributed by atoms with E-state index in [1.807, 2.05) is 0 Å². The second kappa shape index (κ2) is 4.71. The Labute approximate surface area is 119 Å². The molecule has 20 heavy (non-hydrogen) atoms. The molecule has 0 saturated carbocycles. The van der Waals surface area contributed by atoms with Crippen LogP contribution in [0.2, 0.25) is 0 Å². The highest BCUT2D eigenvalue weighted by Gasteiger charge is 2.23. The van der Waals surface area contributed by atoms with Gasteiger partial charge in [-0.1, -0.05) is 42.5 Å². The standard InChI is InChI=1S/C18H18N2/c1-2-7-16-13-20(12-11-14(16)5-1)18-10-9-15-6-3-4-8-17(15)19-18/h1-8,11-12,18-19H,9-10,13H2. The van der Waals surface area contributed by atoms with Crippen LogP contribution < -0.4 is 5.32 Å². The fourth-order valence-corrected chi connectivity index (χ4v) is 3.15. The second-order valence-corrected chi connectivity index (χ2v) is 5.54. The summed E-state index contributed by atoms with van der Waals surface area (Å²) in [7, 11) is 0. The van der Waals surface area contributed by atoms with Crippen molar-refractivity contribution in [3.63, 3.8) is 0 Å². The first-order valence-corrected chi connectivity index (χ1v) is 7.26. The zero-order chi connectivity index (χ0) is 13.4. The number of hydrogen-bond donors (Lipinski definition) is 1. The molecule has 2 aromatic rings. The summed E-state index contributed by atoms with van der Waals surface area (Å²) in [6, 6.07) is 17.3. The molecule has 4 rings (SSSR count). The van der Waals surface area contributed by atoms with Gasteiger partial charge in [-0.25, -0.2) is 0 Å². The highest BCUT2D eigenvalue weighted by molar-refractivity contribution is 5.57. The lowest BCUT2D eigenvalue weighted by atomic mass is 9.99. The lowest BCUT2D eigenvalue weighted by Crippen LogP contribution is -2.40. The summed E-state index contributed by atoms with van der Waals surface area (Å²) in [5, 5.41) is 3.67. The van der Waals surface area contributed by atoms with Gasteiger partial charge in [0.15, 0.2) is 0 Å². The summed E-state index contributed by atoms with van der Waals surface area (Å²) in [5.74, 6) is 0. The largest absolute Gasteiger partial charge is 0.365 e. The van der Waals surface area contributed by atoms with E-state index in [1.54, 1.807) is 0 Å². The Morgan fingerprint density at radius 1 is 0.950 bits per heavy atom. The zero-order valence-corrected chi connectivity index (χ0v) is 11.4. The van der Waals surface area contributed by atoms with Crippen molar-refractivity contribution >= 4 is 11.8 Å². The number of nitrogens with one attached hydrogen (secondary N) is 1. The van der Waals surface area contributed by atoms with Crippen LogP contribution >= 0.6 is 0 Å². The first kappa shape index (κ1) is 11.6. The van der Waals surface area contributed by atoms with Crippen LogP contribution in [0.3, 0.4) is 0 Å². The minimum absolute atomic E-state index is 0.398. The SMILES string of the molecule is C1=CN(C2CCc3ccccc3N2)Cc2ccccc21. The van der Waals surface area contributed by atoms with Crippen molar-refractivity contribution < 1.29 is 0 Å². The van der Waals surface area contributed by atoms with E-state index in [9.17, 15) is 0 Å². The Balaban J connectivity index is 1.57. The summed E-state index contributed by atoms with van der Waals surface area (Å²) in [6.07, 6.45) is 7.16. The molecular weight excluding hydrogens is 244 g/mol. The van der Waals surface area contributed by atoms with E-state index < -0.39 is 0 Å². The van der Waals surface area contributed by atoms with Crippen LogP contribution in [0.5, 0.6) is 0 Å².